The van der Waals surface area contributed by atoms with Crippen molar-refractivity contribution in [3.63, 3.8) is 0 Å². The molecule has 1 fully saturated rings. The summed E-state index contributed by atoms with van der Waals surface area (Å²) in [5.74, 6) is 0.767. The van der Waals surface area contributed by atoms with E-state index in [1.807, 2.05) is 6.07 Å². The minimum atomic E-state index is 0.307. The summed E-state index contributed by atoms with van der Waals surface area (Å²) in [6.07, 6.45) is 2.60. The second kappa shape index (κ2) is 6.38. The molecule has 1 aliphatic rings. The first-order chi connectivity index (χ1) is 8.61. The average molecular weight is 332 g/mol. The van der Waals surface area contributed by atoms with Gasteiger partial charge in [-0.05, 0) is 58.9 Å². The van der Waals surface area contributed by atoms with E-state index in [4.69, 9.17) is 17.3 Å². The molecule has 4 heteroatoms. The van der Waals surface area contributed by atoms with E-state index in [9.17, 15) is 0 Å². The molecule has 0 bridgehead atoms. The van der Waals surface area contributed by atoms with Crippen LogP contribution in [-0.4, -0.2) is 24.5 Å². The van der Waals surface area contributed by atoms with E-state index in [0.29, 0.717) is 12.6 Å². The van der Waals surface area contributed by atoms with E-state index in [0.717, 1.165) is 28.5 Å². The molecule has 2 nitrogen and oxygen atoms in total. The molecule has 0 aromatic heterocycles. The lowest BCUT2D eigenvalue weighted by atomic mass is 9.96. The minimum Gasteiger partial charge on any atom is -0.329 e. The van der Waals surface area contributed by atoms with Gasteiger partial charge in [-0.25, -0.2) is 0 Å². The zero-order valence-electron chi connectivity index (χ0n) is 10.7. The van der Waals surface area contributed by atoms with Gasteiger partial charge in [-0.2, -0.15) is 0 Å². The number of halogens is 2. The van der Waals surface area contributed by atoms with Crippen molar-refractivity contribution in [3.8, 4) is 0 Å². The lowest BCUT2D eigenvalue weighted by Gasteiger charge is -2.37. The fourth-order valence-corrected chi connectivity index (χ4v) is 3.24. The Morgan fingerprint density at radius 1 is 1.56 bits per heavy atom. The molecule has 0 radical (unpaired) electrons. The Morgan fingerprint density at radius 2 is 2.33 bits per heavy atom. The number of piperidine rings is 1. The first kappa shape index (κ1) is 14.3. The summed E-state index contributed by atoms with van der Waals surface area (Å²) in [5.41, 5.74) is 7.23. The van der Waals surface area contributed by atoms with E-state index in [2.05, 4.69) is 39.9 Å². The molecule has 2 atom stereocenters. The van der Waals surface area contributed by atoms with Gasteiger partial charge in [0, 0.05) is 23.6 Å². The van der Waals surface area contributed by atoms with Gasteiger partial charge in [0.1, 0.15) is 0 Å². The Balaban J connectivity index is 2.18. The summed E-state index contributed by atoms with van der Waals surface area (Å²) in [6.45, 7) is 5.26. The molecule has 1 aromatic rings. The number of benzene rings is 1. The highest BCUT2D eigenvalue weighted by Gasteiger charge is 2.24. The third-order valence-electron chi connectivity index (χ3n) is 3.68. The van der Waals surface area contributed by atoms with Gasteiger partial charge in [0.05, 0.1) is 5.02 Å². The lowest BCUT2D eigenvalue weighted by Crippen LogP contribution is -2.40. The van der Waals surface area contributed by atoms with Gasteiger partial charge in [0.2, 0.25) is 0 Å². The van der Waals surface area contributed by atoms with E-state index in [1.54, 1.807) is 0 Å². The Hall–Kier alpha value is -0.0900. The van der Waals surface area contributed by atoms with E-state index < -0.39 is 0 Å². The second-order valence-corrected chi connectivity index (χ2v) is 6.43. The molecule has 2 rings (SSSR count). The van der Waals surface area contributed by atoms with Crippen LogP contribution in [0.25, 0.3) is 0 Å². The highest BCUT2D eigenvalue weighted by Crippen LogP contribution is 2.30. The van der Waals surface area contributed by atoms with Crippen LogP contribution in [0.2, 0.25) is 5.02 Å². The van der Waals surface area contributed by atoms with Gasteiger partial charge in [0.25, 0.3) is 0 Å². The van der Waals surface area contributed by atoms with E-state index in [-0.39, 0.29) is 0 Å². The average Bonchev–Trinajstić information content (AvgIpc) is 2.35. The third-order valence-corrected chi connectivity index (χ3v) is 4.89. The summed E-state index contributed by atoms with van der Waals surface area (Å²) in [5, 5.41) is 0.751. The summed E-state index contributed by atoms with van der Waals surface area (Å²) in [7, 11) is 0. The first-order valence-corrected chi connectivity index (χ1v) is 7.68. The Bertz CT molecular complexity index is 411. The summed E-state index contributed by atoms with van der Waals surface area (Å²) in [6, 6.07) is 6.43. The van der Waals surface area contributed by atoms with Crippen LogP contribution in [0, 0.1) is 5.92 Å². The largest absolute Gasteiger partial charge is 0.329 e. The van der Waals surface area contributed by atoms with Crippen LogP contribution in [0.3, 0.4) is 0 Å². The molecule has 1 aliphatic heterocycles. The predicted octanol–water partition coefficient (Wildman–Crippen LogP) is 3.83. The molecule has 1 saturated heterocycles. The molecule has 2 unspecified atom stereocenters. The van der Waals surface area contributed by atoms with Crippen molar-refractivity contribution in [2.24, 2.45) is 11.7 Å². The van der Waals surface area contributed by atoms with Crippen molar-refractivity contribution in [1.82, 2.24) is 4.90 Å². The number of hydrogen-bond acceptors (Lipinski definition) is 2. The van der Waals surface area contributed by atoms with Crippen molar-refractivity contribution < 1.29 is 0 Å². The summed E-state index contributed by atoms with van der Waals surface area (Å²) < 4.78 is 0.949. The molecule has 0 saturated carbocycles. The molecule has 1 heterocycles. The molecule has 0 spiro atoms. The molecular formula is C14H20BrClN2. The zero-order valence-corrected chi connectivity index (χ0v) is 13.0. The van der Waals surface area contributed by atoms with Crippen LogP contribution in [0.5, 0.6) is 0 Å². The molecule has 0 amide bonds. The van der Waals surface area contributed by atoms with Crippen LogP contribution in [0.15, 0.2) is 22.7 Å². The van der Waals surface area contributed by atoms with E-state index in [1.165, 1.54) is 18.4 Å². The SMILES string of the molecule is CC1CCCN(C(CN)c2ccc(Cl)c(Br)c2)C1. The van der Waals surface area contributed by atoms with Crippen molar-refractivity contribution in [3.05, 3.63) is 33.3 Å². The number of nitrogens with two attached hydrogens (primary N) is 1. The quantitative estimate of drug-likeness (QED) is 0.912. The summed E-state index contributed by atoms with van der Waals surface area (Å²) >= 11 is 9.53. The molecular weight excluding hydrogens is 312 g/mol. The van der Waals surface area contributed by atoms with Crippen LogP contribution < -0.4 is 5.73 Å². The Labute approximate surface area is 123 Å². The fraction of sp³-hybridized carbons (Fsp3) is 0.571. The van der Waals surface area contributed by atoms with Gasteiger partial charge in [-0.3, -0.25) is 4.90 Å². The van der Waals surface area contributed by atoms with Crippen molar-refractivity contribution >= 4 is 27.5 Å². The van der Waals surface area contributed by atoms with Crippen LogP contribution >= 0.6 is 27.5 Å². The van der Waals surface area contributed by atoms with Crippen molar-refractivity contribution in [2.75, 3.05) is 19.6 Å². The molecule has 100 valence electrons. The normalized spacial score (nSPS) is 23.0. The van der Waals surface area contributed by atoms with Gasteiger partial charge in [-0.15, -0.1) is 0 Å². The lowest BCUT2D eigenvalue weighted by molar-refractivity contribution is 0.133. The van der Waals surface area contributed by atoms with E-state index >= 15 is 0 Å². The third kappa shape index (κ3) is 3.27. The fourth-order valence-electron chi connectivity index (χ4n) is 2.72. The van der Waals surface area contributed by atoms with Gasteiger partial charge >= 0.3 is 0 Å². The van der Waals surface area contributed by atoms with Crippen LogP contribution in [-0.2, 0) is 0 Å². The van der Waals surface area contributed by atoms with Crippen molar-refractivity contribution in [1.29, 1.82) is 0 Å². The molecule has 0 aliphatic carbocycles. The first-order valence-electron chi connectivity index (χ1n) is 6.51. The number of hydrogen-bond donors (Lipinski definition) is 1. The highest BCUT2D eigenvalue weighted by atomic mass is 79.9. The predicted molar refractivity (Wildman–Crippen MR) is 80.9 cm³/mol. The molecule has 18 heavy (non-hydrogen) atoms. The zero-order chi connectivity index (χ0) is 13.1. The maximum Gasteiger partial charge on any atom is 0.0548 e. The number of nitrogens with zero attached hydrogens (tertiary/aromatic N) is 1. The minimum absolute atomic E-state index is 0.307. The van der Waals surface area contributed by atoms with Gasteiger partial charge < -0.3 is 5.73 Å². The Kier molecular flexibility index (Phi) is 5.07. The standard InChI is InChI=1S/C14H20BrClN2/c1-10-3-2-6-18(9-10)14(8-17)11-4-5-13(16)12(15)7-11/h4-5,7,10,14H,2-3,6,8-9,17H2,1H3. The number of likely N-dealkylation sites (tertiary alicyclic amines) is 1. The topological polar surface area (TPSA) is 29.3 Å². The van der Waals surface area contributed by atoms with Gasteiger partial charge in [-0.1, -0.05) is 24.6 Å². The maximum atomic E-state index is 6.05. The van der Waals surface area contributed by atoms with Gasteiger partial charge in [0.15, 0.2) is 0 Å². The number of rotatable bonds is 3. The monoisotopic (exact) mass is 330 g/mol. The maximum absolute atomic E-state index is 6.05. The molecule has 1 aromatic carbocycles. The van der Waals surface area contributed by atoms with Crippen LogP contribution in [0.4, 0.5) is 0 Å². The summed E-state index contributed by atoms with van der Waals surface area (Å²) in [4.78, 5) is 2.50. The Morgan fingerprint density at radius 3 is 2.94 bits per heavy atom. The highest BCUT2D eigenvalue weighted by molar-refractivity contribution is 9.10. The smallest absolute Gasteiger partial charge is 0.0548 e. The molecule has 2 N–H and O–H groups in total. The second-order valence-electron chi connectivity index (χ2n) is 5.17. The van der Waals surface area contributed by atoms with Crippen molar-refractivity contribution in [2.45, 2.75) is 25.8 Å². The van der Waals surface area contributed by atoms with Crippen LogP contribution in [0.1, 0.15) is 31.4 Å².